The van der Waals surface area contributed by atoms with Crippen molar-refractivity contribution < 1.29 is 14.3 Å². The average Bonchev–Trinajstić information content (AvgIpc) is 2.48. The van der Waals surface area contributed by atoms with E-state index in [4.69, 9.17) is 9.47 Å². The minimum Gasteiger partial charge on any atom is -0.494 e. The Bertz CT molecular complexity index is 422. The molecule has 1 aromatic carbocycles. The molecule has 0 saturated carbocycles. The molecule has 0 amide bonds. The zero-order valence-electron chi connectivity index (χ0n) is 12.3. The van der Waals surface area contributed by atoms with E-state index in [1.807, 2.05) is 31.2 Å². The lowest BCUT2D eigenvalue weighted by Gasteiger charge is -2.21. The quantitative estimate of drug-likeness (QED) is 0.764. The van der Waals surface area contributed by atoms with Crippen LogP contribution >= 0.6 is 0 Å². The van der Waals surface area contributed by atoms with Gasteiger partial charge in [0.1, 0.15) is 11.5 Å². The number of rotatable bonds is 7. The van der Waals surface area contributed by atoms with Gasteiger partial charge in [-0.15, -0.1) is 0 Å². The molecular weight excluding hydrogens is 252 g/mol. The maximum atomic E-state index is 12.0. The number of ether oxygens (including phenoxy) is 2. The van der Waals surface area contributed by atoms with Gasteiger partial charge in [-0.05, 0) is 44.2 Å². The summed E-state index contributed by atoms with van der Waals surface area (Å²) in [5.74, 6) is 1.19. The third-order valence-electron chi connectivity index (χ3n) is 3.67. The lowest BCUT2D eigenvalue weighted by molar-refractivity contribution is -0.122. The third kappa shape index (κ3) is 4.64. The largest absolute Gasteiger partial charge is 0.494 e. The van der Waals surface area contributed by atoms with Crippen molar-refractivity contribution in [1.82, 2.24) is 0 Å². The first-order valence-corrected chi connectivity index (χ1v) is 7.63. The summed E-state index contributed by atoms with van der Waals surface area (Å²) < 4.78 is 11.2. The molecule has 1 fully saturated rings. The normalized spacial score (nSPS) is 18.8. The van der Waals surface area contributed by atoms with Gasteiger partial charge in [0.15, 0.2) is 0 Å². The van der Waals surface area contributed by atoms with Gasteiger partial charge in [0, 0.05) is 19.4 Å². The number of carbonyl (C=O) groups excluding carboxylic acids is 1. The van der Waals surface area contributed by atoms with E-state index in [0.29, 0.717) is 25.2 Å². The fourth-order valence-electron chi connectivity index (χ4n) is 2.61. The first-order valence-electron chi connectivity index (χ1n) is 7.63. The number of para-hydroxylation sites is 1. The van der Waals surface area contributed by atoms with Crippen molar-refractivity contribution in [1.29, 1.82) is 0 Å². The van der Waals surface area contributed by atoms with Gasteiger partial charge >= 0.3 is 0 Å². The van der Waals surface area contributed by atoms with Gasteiger partial charge in [-0.2, -0.15) is 0 Å². The fraction of sp³-hybridized carbons (Fsp3) is 0.588. The summed E-state index contributed by atoms with van der Waals surface area (Å²) in [5, 5.41) is 0. The molecule has 1 aliphatic rings. The SMILES string of the molecule is CCOc1ccccc1CCC(=O)CC1CCCCO1. The van der Waals surface area contributed by atoms with Crippen molar-refractivity contribution >= 4 is 5.78 Å². The van der Waals surface area contributed by atoms with Crippen LogP contribution in [0, 0.1) is 0 Å². The van der Waals surface area contributed by atoms with E-state index in [0.717, 1.165) is 37.2 Å². The van der Waals surface area contributed by atoms with Gasteiger partial charge < -0.3 is 9.47 Å². The van der Waals surface area contributed by atoms with Gasteiger partial charge in [0.25, 0.3) is 0 Å². The molecule has 1 heterocycles. The monoisotopic (exact) mass is 276 g/mol. The van der Waals surface area contributed by atoms with Crippen molar-refractivity contribution in [3.05, 3.63) is 29.8 Å². The molecule has 1 atom stereocenters. The Morgan fingerprint density at radius 2 is 2.20 bits per heavy atom. The summed E-state index contributed by atoms with van der Waals surface area (Å²) in [6.07, 6.45) is 5.39. The first-order chi connectivity index (χ1) is 9.79. The third-order valence-corrected chi connectivity index (χ3v) is 3.67. The molecule has 1 unspecified atom stereocenters. The second kappa shape index (κ2) is 8.05. The standard InChI is InChI=1S/C17H24O3/c1-2-19-17-9-4-3-7-14(17)10-11-15(18)13-16-8-5-6-12-20-16/h3-4,7,9,16H,2,5-6,8,10-13H2,1H3. The average molecular weight is 276 g/mol. The number of aryl methyl sites for hydroxylation is 1. The molecule has 3 nitrogen and oxygen atoms in total. The molecule has 0 bridgehead atoms. The van der Waals surface area contributed by atoms with Crippen LogP contribution in [0.4, 0.5) is 0 Å². The summed E-state index contributed by atoms with van der Waals surface area (Å²) in [6, 6.07) is 7.96. The number of carbonyl (C=O) groups is 1. The highest BCUT2D eigenvalue weighted by Gasteiger charge is 2.17. The molecule has 3 heteroatoms. The maximum absolute atomic E-state index is 12.0. The molecule has 0 aromatic heterocycles. The summed E-state index contributed by atoms with van der Waals surface area (Å²) in [7, 11) is 0. The molecule has 0 N–H and O–H groups in total. The van der Waals surface area contributed by atoms with Crippen LogP contribution in [0.15, 0.2) is 24.3 Å². The number of hydrogen-bond donors (Lipinski definition) is 0. The van der Waals surface area contributed by atoms with Crippen molar-refractivity contribution in [3.63, 3.8) is 0 Å². The van der Waals surface area contributed by atoms with Gasteiger partial charge in [-0.25, -0.2) is 0 Å². The highest BCUT2D eigenvalue weighted by molar-refractivity contribution is 5.79. The van der Waals surface area contributed by atoms with Crippen LogP contribution in [-0.2, 0) is 16.0 Å². The number of Topliss-reactive ketones (excluding diaryl/α,β-unsaturated/α-hetero) is 1. The summed E-state index contributed by atoms with van der Waals surface area (Å²) in [5.41, 5.74) is 1.12. The van der Waals surface area contributed by atoms with E-state index in [1.54, 1.807) is 0 Å². The molecular formula is C17H24O3. The van der Waals surface area contributed by atoms with Crippen LogP contribution in [0.25, 0.3) is 0 Å². The lowest BCUT2D eigenvalue weighted by Crippen LogP contribution is -2.22. The molecule has 0 radical (unpaired) electrons. The molecule has 1 aromatic rings. The zero-order chi connectivity index (χ0) is 14.2. The Hall–Kier alpha value is -1.35. The van der Waals surface area contributed by atoms with Crippen LogP contribution in [0.2, 0.25) is 0 Å². The smallest absolute Gasteiger partial charge is 0.135 e. The van der Waals surface area contributed by atoms with E-state index in [2.05, 4.69) is 0 Å². The zero-order valence-corrected chi connectivity index (χ0v) is 12.3. The second-order valence-electron chi connectivity index (χ2n) is 5.27. The van der Waals surface area contributed by atoms with Crippen LogP contribution in [0.3, 0.4) is 0 Å². The number of ketones is 1. The Morgan fingerprint density at radius 3 is 2.95 bits per heavy atom. The number of benzene rings is 1. The maximum Gasteiger partial charge on any atom is 0.135 e. The molecule has 2 rings (SSSR count). The predicted molar refractivity (Wildman–Crippen MR) is 79.1 cm³/mol. The van der Waals surface area contributed by atoms with E-state index in [1.165, 1.54) is 6.42 Å². The van der Waals surface area contributed by atoms with Crippen LogP contribution in [0.5, 0.6) is 5.75 Å². The van der Waals surface area contributed by atoms with E-state index in [9.17, 15) is 4.79 Å². The van der Waals surface area contributed by atoms with Crippen LogP contribution in [-0.4, -0.2) is 25.1 Å². The minimum absolute atomic E-state index is 0.151. The van der Waals surface area contributed by atoms with Crippen molar-refractivity contribution in [2.75, 3.05) is 13.2 Å². The summed E-state index contributed by atoms with van der Waals surface area (Å²) in [4.78, 5) is 12.0. The Kier molecular flexibility index (Phi) is 6.06. The molecule has 0 aliphatic carbocycles. The molecule has 1 aliphatic heterocycles. The van der Waals surface area contributed by atoms with E-state index < -0.39 is 0 Å². The van der Waals surface area contributed by atoms with Crippen molar-refractivity contribution in [2.45, 2.75) is 51.6 Å². The highest BCUT2D eigenvalue weighted by Crippen LogP contribution is 2.21. The highest BCUT2D eigenvalue weighted by atomic mass is 16.5. The first kappa shape index (κ1) is 15.0. The van der Waals surface area contributed by atoms with E-state index in [-0.39, 0.29) is 6.10 Å². The van der Waals surface area contributed by atoms with Crippen molar-refractivity contribution in [2.24, 2.45) is 0 Å². The molecule has 1 saturated heterocycles. The molecule has 20 heavy (non-hydrogen) atoms. The second-order valence-corrected chi connectivity index (χ2v) is 5.27. The fourth-order valence-corrected chi connectivity index (χ4v) is 2.61. The van der Waals surface area contributed by atoms with Crippen LogP contribution < -0.4 is 4.74 Å². The minimum atomic E-state index is 0.151. The lowest BCUT2D eigenvalue weighted by atomic mass is 10.00. The Balaban J connectivity index is 1.80. The predicted octanol–water partition coefficient (Wildman–Crippen LogP) is 3.55. The van der Waals surface area contributed by atoms with Gasteiger partial charge in [-0.3, -0.25) is 4.79 Å². The summed E-state index contributed by atoms with van der Waals surface area (Å²) in [6.45, 7) is 3.44. The number of hydrogen-bond acceptors (Lipinski definition) is 3. The topological polar surface area (TPSA) is 35.5 Å². The summed E-state index contributed by atoms with van der Waals surface area (Å²) >= 11 is 0. The van der Waals surface area contributed by atoms with Crippen molar-refractivity contribution in [3.8, 4) is 5.75 Å². The van der Waals surface area contributed by atoms with Gasteiger partial charge in [0.2, 0.25) is 0 Å². The molecule has 110 valence electrons. The van der Waals surface area contributed by atoms with E-state index >= 15 is 0 Å². The van der Waals surface area contributed by atoms with Gasteiger partial charge in [-0.1, -0.05) is 18.2 Å². The Morgan fingerprint density at radius 1 is 1.35 bits per heavy atom. The van der Waals surface area contributed by atoms with Gasteiger partial charge in [0.05, 0.1) is 12.7 Å². The Labute approximate surface area is 121 Å². The molecule has 0 spiro atoms. The van der Waals surface area contributed by atoms with Crippen LogP contribution in [0.1, 0.15) is 44.6 Å².